The van der Waals surface area contributed by atoms with Crippen molar-refractivity contribution in [3.05, 3.63) is 63.3 Å². The van der Waals surface area contributed by atoms with Crippen LogP contribution in [0.4, 0.5) is 5.69 Å². The molecule has 1 N–H and O–H groups in total. The number of piperazine rings is 1. The van der Waals surface area contributed by atoms with Gasteiger partial charge in [0, 0.05) is 36.7 Å². The molecule has 0 aliphatic carbocycles. The van der Waals surface area contributed by atoms with E-state index in [0.29, 0.717) is 42.1 Å². The Morgan fingerprint density at radius 3 is 2.31 bits per heavy atom. The molecule has 0 spiro atoms. The summed E-state index contributed by atoms with van der Waals surface area (Å²) in [7, 11) is 0. The molecular weight excluding hydrogens is 426 g/mol. The summed E-state index contributed by atoms with van der Waals surface area (Å²) in [5, 5.41) is 1.46. The first-order chi connectivity index (χ1) is 15.4. The van der Waals surface area contributed by atoms with Crippen molar-refractivity contribution < 1.29 is 14.3 Å². The molecule has 32 heavy (non-hydrogen) atoms. The van der Waals surface area contributed by atoms with Gasteiger partial charge in [0.15, 0.2) is 0 Å². The Hall–Kier alpha value is -3.00. The first-order valence-corrected chi connectivity index (χ1v) is 11.0. The average molecular weight is 460 g/mol. The number of ether oxygens (including phenoxy) is 1. The summed E-state index contributed by atoms with van der Waals surface area (Å²) in [5.41, 5.74) is 0.0810. The van der Waals surface area contributed by atoms with Gasteiger partial charge in [-0.3, -0.25) is 9.59 Å². The van der Waals surface area contributed by atoms with E-state index in [1.165, 1.54) is 6.08 Å². The topological polar surface area (TPSA) is 82.7 Å². The lowest BCUT2D eigenvalue weighted by molar-refractivity contribution is -0.126. The van der Waals surface area contributed by atoms with Crippen LogP contribution in [0.5, 0.6) is 0 Å². The van der Waals surface area contributed by atoms with E-state index in [1.54, 1.807) is 17.9 Å². The summed E-state index contributed by atoms with van der Waals surface area (Å²) in [6.07, 6.45) is 7.61. The van der Waals surface area contributed by atoms with E-state index in [-0.39, 0.29) is 18.1 Å². The summed E-state index contributed by atoms with van der Waals surface area (Å²) in [4.78, 5) is 44.7. The monoisotopic (exact) mass is 459 g/mol. The molecule has 0 saturated carbocycles. The fraction of sp³-hybridized carbons (Fsp3) is 0.375. The van der Waals surface area contributed by atoms with Crippen molar-refractivity contribution in [1.82, 2.24) is 9.88 Å². The molecule has 2 rings (SSSR count). The summed E-state index contributed by atoms with van der Waals surface area (Å²) in [6.45, 7) is 17.1. The Balaban J connectivity index is 0.00000249. The third-order valence-electron chi connectivity index (χ3n) is 4.81. The minimum atomic E-state index is -0.648. The maximum absolute atomic E-state index is 12.8. The van der Waals surface area contributed by atoms with E-state index in [9.17, 15) is 14.4 Å². The number of pyridine rings is 1. The second-order valence-corrected chi connectivity index (χ2v) is 7.18. The van der Waals surface area contributed by atoms with Crippen LogP contribution in [-0.4, -0.2) is 54.5 Å². The third kappa shape index (κ3) is 6.26. The normalized spacial score (nSPS) is 15.2. The molecule has 0 bridgehead atoms. The van der Waals surface area contributed by atoms with Gasteiger partial charge in [-0.25, -0.2) is 4.79 Å². The van der Waals surface area contributed by atoms with Gasteiger partial charge in [-0.15, -0.1) is 25.8 Å². The minimum Gasteiger partial charge on any atom is -0.462 e. The van der Waals surface area contributed by atoms with Gasteiger partial charge < -0.3 is 19.5 Å². The van der Waals surface area contributed by atoms with Gasteiger partial charge >= 0.3 is 5.97 Å². The van der Waals surface area contributed by atoms with Gasteiger partial charge in [0.05, 0.1) is 17.2 Å². The fourth-order valence-electron chi connectivity index (χ4n) is 3.48. The Labute approximate surface area is 194 Å². The van der Waals surface area contributed by atoms with Crippen LogP contribution in [0.15, 0.2) is 41.6 Å². The minimum absolute atomic E-state index is 0.000540. The number of anilines is 1. The molecule has 1 aromatic heterocycles. The number of rotatable bonds is 6. The molecule has 7 nitrogen and oxygen atoms in total. The van der Waals surface area contributed by atoms with Gasteiger partial charge in [0.25, 0.3) is 11.5 Å². The van der Waals surface area contributed by atoms with Crippen molar-refractivity contribution in [3.8, 4) is 0 Å². The van der Waals surface area contributed by atoms with E-state index < -0.39 is 11.5 Å². The standard InChI is InChI=1S/C22H29N3O4S.C2H4/c1-5-9-16-15(7-3)19(18(20(26)23-16)22(28)29-8-4)24-11-13-25(14-12-24)21(27)17(30)10-6-2;1-2/h6-7,9-10,30H,2,5,8,11-14H2,1,3-4H3,(H,23,26);1-2H2/b15-7+,16-9+,17-10-;. The molecule has 0 unspecified atom stereocenters. The van der Waals surface area contributed by atoms with Gasteiger partial charge in [0.1, 0.15) is 5.56 Å². The van der Waals surface area contributed by atoms with Crippen molar-refractivity contribution in [1.29, 1.82) is 0 Å². The van der Waals surface area contributed by atoms with Crippen LogP contribution in [0.1, 0.15) is 37.6 Å². The first kappa shape index (κ1) is 27.0. The van der Waals surface area contributed by atoms with Gasteiger partial charge in [-0.1, -0.05) is 31.7 Å². The molecule has 2 heterocycles. The van der Waals surface area contributed by atoms with Crippen LogP contribution in [0.3, 0.4) is 0 Å². The molecule has 0 atom stereocenters. The van der Waals surface area contributed by atoms with Gasteiger partial charge in [-0.05, 0) is 26.3 Å². The third-order valence-corrected chi connectivity index (χ3v) is 5.15. The van der Waals surface area contributed by atoms with E-state index in [1.807, 2.05) is 30.9 Å². The highest BCUT2D eigenvalue weighted by Crippen LogP contribution is 2.17. The maximum Gasteiger partial charge on any atom is 0.345 e. The van der Waals surface area contributed by atoms with E-state index >= 15 is 0 Å². The number of carbonyl (C=O) groups excluding carboxylic acids is 2. The SMILES string of the molecule is C=C.C=C/C=C(\S)C(=O)N1CCN(c2c(C(=O)OCC)c(=O)[nH]c(=C/CC)/c2=C\C)CC1. The molecule has 1 aromatic rings. The van der Waals surface area contributed by atoms with Crippen LogP contribution in [0.2, 0.25) is 0 Å². The van der Waals surface area contributed by atoms with E-state index in [0.717, 1.165) is 11.6 Å². The number of hydrogen-bond donors (Lipinski definition) is 2. The molecule has 1 amide bonds. The summed E-state index contributed by atoms with van der Waals surface area (Å²) >= 11 is 4.23. The molecule has 1 aliphatic rings. The molecule has 1 aliphatic heterocycles. The average Bonchev–Trinajstić information content (AvgIpc) is 2.80. The van der Waals surface area contributed by atoms with Crippen LogP contribution in [0.25, 0.3) is 12.2 Å². The second kappa shape index (κ2) is 13.4. The van der Waals surface area contributed by atoms with Crippen molar-refractivity contribution in [3.63, 3.8) is 0 Å². The van der Waals surface area contributed by atoms with Crippen molar-refractivity contribution >= 4 is 42.3 Å². The number of hydrogen-bond acceptors (Lipinski definition) is 6. The number of H-pyrrole nitrogens is 1. The zero-order valence-electron chi connectivity index (χ0n) is 19.1. The lowest BCUT2D eigenvalue weighted by Crippen LogP contribution is -2.52. The van der Waals surface area contributed by atoms with E-state index in [2.05, 4.69) is 37.3 Å². The molecular formula is C24H33N3O4S. The molecule has 1 fully saturated rings. The zero-order chi connectivity index (χ0) is 24.3. The van der Waals surface area contributed by atoms with Crippen molar-refractivity contribution in [2.45, 2.75) is 27.2 Å². The van der Waals surface area contributed by atoms with Crippen LogP contribution in [0, 0.1) is 0 Å². The Bertz CT molecular complexity index is 1030. The number of nitrogens with one attached hydrogen (secondary N) is 1. The van der Waals surface area contributed by atoms with Crippen LogP contribution < -0.4 is 21.0 Å². The fourth-order valence-corrected chi connectivity index (χ4v) is 3.73. The predicted molar refractivity (Wildman–Crippen MR) is 134 cm³/mol. The molecule has 0 radical (unpaired) electrons. The van der Waals surface area contributed by atoms with E-state index in [4.69, 9.17) is 4.74 Å². The molecule has 174 valence electrons. The Morgan fingerprint density at radius 2 is 1.81 bits per heavy atom. The quantitative estimate of drug-likeness (QED) is 0.224. The number of thiol groups is 1. The highest BCUT2D eigenvalue weighted by Gasteiger charge is 2.28. The number of aromatic amines is 1. The maximum atomic E-state index is 12.8. The lowest BCUT2D eigenvalue weighted by atomic mass is 10.1. The summed E-state index contributed by atoms with van der Waals surface area (Å²) in [6, 6.07) is 0. The Kier molecular flexibility index (Phi) is 11.3. The predicted octanol–water partition coefficient (Wildman–Crippen LogP) is 1.99. The first-order valence-electron chi connectivity index (χ1n) is 10.5. The lowest BCUT2D eigenvalue weighted by Gasteiger charge is -2.37. The number of aromatic nitrogens is 1. The van der Waals surface area contributed by atoms with Crippen LogP contribution >= 0.6 is 12.6 Å². The highest BCUT2D eigenvalue weighted by molar-refractivity contribution is 7.85. The number of allylic oxidation sites excluding steroid dienone is 2. The molecule has 1 saturated heterocycles. The summed E-state index contributed by atoms with van der Waals surface area (Å²) < 4.78 is 5.16. The molecule has 0 aromatic carbocycles. The van der Waals surface area contributed by atoms with Gasteiger partial charge in [-0.2, -0.15) is 0 Å². The van der Waals surface area contributed by atoms with Gasteiger partial charge in [0.2, 0.25) is 0 Å². The van der Waals surface area contributed by atoms with Crippen LogP contribution in [-0.2, 0) is 9.53 Å². The molecule has 8 heteroatoms. The highest BCUT2D eigenvalue weighted by atomic mass is 32.1. The van der Waals surface area contributed by atoms with Crippen molar-refractivity contribution in [2.24, 2.45) is 0 Å². The number of nitrogens with zero attached hydrogens (tertiary/aromatic N) is 2. The van der Waals surface area contributed by atoms with Crippen molar-refractivity contribution in [2.75, 3.05) is 37.7 Å². The Morgan fingerprint density at radius 1 is 1.19 bits per heavy atom. The smallest absolute Gasteiger partial charge is 0.345 e. The number of amides is 1. The second-order valence-electron chi connectivity index (χ2n) is 6.69. The zero-order valence-corrected chi connectivity index (χ0v) is 20.0. The number of carbonyl (C=O) groups is 2. The number of esters is 1. The summed E-state index contributed by atoms with van der Waals surface area (Å²) in [5.74, 6) is -0.818. The largest absolute Gasteiger partial charge is 0.462 e.